The van der Waals surface area contributed by atoms with E-state index in [0.717, 1.165) is 12.2 Å². The molecule has 0 aliphatic rings. The molecule has 11 heavy (non-hydrogen) atoms. The first-order valence-electron chi connectivity index (χ1n) is 3.73. The van der Waals surface area contributed by atoms with Crippen molar-refractivity contribution in [3.05, 3.63) is 18.2 Å². The molecule has 1 atom stereocenters. The molecule has 62 valence electrons. The summed E-state index contributed by atoms with van der Waals surface area (Å²) in [5, 5.41) is 0. The third kappa shape index (κ3) is 1.58. The number of hydrogen-bond acceptors (Lipinski definition) is 3. The van der Waals surface area contributed by atoms with Gasteiger partial charge in [0.2, 0.25) is 0 Å². The first-order valence-corrected chi connectivity index (χ1v) is 3.73. The fourth-order valence-electron chi connectivity index (χ4n) is 1.09. The molecule has 0 radical (unpaired) electrons. The largest absolute Gasteiger partial charge is 0.337 e. The van der Waals surface area contributed by atoms with Crippen molar-refractivity contribution in [2.75, 3.05) is 0 Å². The van der Waals surface area contributed by atoms with E-state index in [2.05, 4.69) is 17.3 Å². The van der Waals surface area contributed by atoms with Gasteiger partial charge >= 0.3 is 0 Å². The third-order valence-electron chi connectivity index (χ3n) is 1.78. The van der Waals surface area contributed by atoms with Gasteiger partial charge in [-0.2, -0.15) is 0 Å². The summed E-state index contributed by atoms with van der Waals surface area (Å²) in [6, 6.07) is 0.162. The van der Waals surface area contributed by atoms with Crippen LogP contribution >= 0.6 is 0 Å². The van der Waals surface area contributed by atoms with E-state index in [4.69, 9.17) is 5.84 Å². The summed E-state index contributed by atoms with van der Waals surface area (Å²) in [4.78, 5) is 4.18. The average Bonchev–Trinajstić information content (AvgIpc) is 2.40. The Labute approximate surface area is 66.4 Å². The summed E-state index contributed by atoms with van der Waals surface area (Å²) in [5.74, 6) is 6.32. The maximum absolute atomic E-state index is 5.34. The van der Waals surface area contributed by atoms with E-state index >= 15 is 0 Å². The number of hydrogen-bond donors (Lipinski definition) is 2. The molecule has 1 aromatic rings. The molecule has 4 heteroatoms. The quantitative estimate of drug-likeness (QED) is 0.487. The van der Waals surface area contributed by atoms with E-state index in [0.29, 0.717) is 0 Å². The molecule has 3 N–H and O–H groups in total. The van der Waals surface area contributed by atoms with Gasteiger partial charge < -0.3 is 4.57 Å². The van der Waals surface area contributed by atoms with E-state index in [1.165, 1.54) is 0 Å². The smallest absolute Gasteiger partial charge is 0.126 e. The standard InChI is InChI=1S/C7H14N4/c1-3-6(10-8)7-9-4-5-11(7)2/h4-6,10H,3,8H2,1-2H3. The Morgan fingerprint density at radius 3 is 2.91 bits per heavy atom. The summed E-state index contributed by atoms with van der Waals surface area (Å²) in [6.07, 6.45) is 4.63. The average molecular weight is 154 g/mol. The van der Waals surface area contributed by atoms with Gasteiger partial charge in [-0.3, -0.25) is 5.84 Å². The van der Waals surface area contributed by atoms with Gasteiger partial charge in [-0.1, -0.05) is 6.92 Å². The van der Waals surface area contributed by atoms with Gasteiger partial charge in [0, 0.05) is 19.4 Å². The van der Waals surface area contributed by atoms with Gasteiger partial charge in [0.05, 0.1) is 6.04 Å². The van der Waals surface area contributed by atoms with E-state index < -0.39 is 0 Å². The Kier molecular flexibility index (Phi) is 2.62. The molecule has 0 fully saturated rings. The number of hydrazine groups is 1. The normalized spacial score (nSPS) is 13.4. The molecule has 0 amide bonds. The van der Waals surface area contributed by atoms with Gasteiger partial charge in [0.1, 0.15) is 5.82 Å². The fourth-order valence-corrected chi connectivity index (χ4v) is 1.09. The molecule has 0 bridgehead atoms. The number of nitrogens with one attached hydrogen (secondary N) is 1. The molecular weight excluding hydrogens is 140 g/mol. The van der Waals surface area contributed by atoms with Crippen LogP contribution in [0.25, 0.3) is 0 Å². The van der Waals surface area contributed by atoms with E-state index in [1.54, 1.807) is 6.20 Å². The highest BCUT2D eigenvalue weighted by atomic mass is 15.3. The SMILES string of the molecule is CCC(NN)c1nccn1C. The first kappa shape index (κ1) is 8.23. The lowest BCUT2D eigenvalue weighted by atomic mass is 10.2. The van der Waals surface area contributed by atoms with Crippen molar-refractivity contribution in [3.8, 4) is 0 Å². The Morgan fingerprint density at radius 1 is 1.82 bits per heavy atom. The van der Waals surface area contributed by atoms with Crippen LogP contribution in [0, 0.1) is 0 Å². The van der Waals surface area contributed by atoms with Crippen LogP contribution < -0.4 is 11.3 Å². The van der Waals surface area contributed by atoms with Crippen LogP contribution in [-0.4, -0.2) is 9.55 Å². The predicted octanol–water partition coefficient (Wildman–Crippen LogP) is 0.334. The molecule has 4 nitrogen and oxygen atoms in total. The number of nitrogens with zero attached hydrogens (tertiary/aromatic N) is 2. The molecule has 1 heterocycles. The van der Waals surface area contributed by atoms with Crippen molar-refractivity contribution in [1.29, 1.82) is 0 Å². The van der Waals surface area contributed by atoms with Crippen LogP contribution in [0.5, 0.6) is 0 Å². The van der Waals surface area contributed by atoms with Crippen molar-refractivity contribution < 1.29 is 0 Å². The molecule has 0 saturated carbocycles. The zero-order valence-electron chi connectivity index (χ0n) is 6.91. The van der Waals surface area contributed by atoms with Gasteiger partial charge in [0.15, 0.2) is 0 Å². The van der Waals surface area contributed by atoms with Crippen LogP contribution in [0.2, 0.25) is 0 Å². The maximum atomic E-state index is 5.34. The third-order valence-corrected chi connectivity index (χ3v) is 1.78. The fraction of sp³-hybridized carbons (Fsp3) is 0.571. The van der Waals surface area contributed by atoms with Crippen LogP contribution in [0.1, 0.15) is 25.2 Å². The molecular formula is C7H14N4. The molecule has 0 aliphatic heterocycles. The summed E-state index contributed by atoms with van der Waals surface area (Å²) in [5.41, 5.74) is 2.71. The van der Waals surface area contributed by atoms with E-state index in [-0.39, 0.29) is 6.04 Å². The molecule has 1 rings (SSSR count). The van der Waals surface area contributed by atoms with Crippen LogP contribution in [0.4, 0.5) is 0 Å². The van der Waals surface area contributed by atoms with Crippen LogP contribution in [0.15, 0.2) is 12.4 Å². The second kappa shape index (κ2) is 3.50. The maximum Gasteiger partial charge on any atom is 0.126 e. The lowest BCUT2D eigenvalue weighted by Crippen LogP contribution is -2.29. The van der Waals surface area contributed by atoms with Gasteiger partial charge in [-0.25, -0.2) is 10.4 Å². The van der Waals surface area contributed by atoms with Gasteiger partial charge in [0.25, 0.3) is 0 Å². The van der Waals surface area contributed by atoms with Gasteiger partial charge in [-0.15, -0.1) is 0 Å². The second-order valence-corrected chi connectivity index (χ2v) is 2.52. The van der Waals surface area contributed by atoms with Crippen molar-refractivity contribution in [3.63, 3.8) is 0 Å². The number of aromatic nitrogens is 2. The predicted molar refractivity (Wildman–Crippen MR) is 43.6 cm³/mol. The monoisotopic (exact) mass is 154 g/mol. The Morgan fingerprint density at radius 2 is 2.55 bits per heavy atom. The number of nitrogens with two attached hydrogens (primary N) is 1. The molecule has 0 aromatic carbocycles. The lowest BCUT2D eigenvalue weighted by Gasteiger charge is -2.12. The number of aryl methyl sites for hydroxylation is 1. The minimum absolute atomic E-state index is 0.162. The molecule has 1 aromatic heterocycles. The zero-order valence-corrected chi connectivity index (χ0v) is 6.91. The molecule has 1 unspecified atom stereocenters. The number of rotatable bonds is 3. The Hall–Kier alpha value is -0.870. The van der Waals surface area contributed by atoms with Crippen molar-refractivity contribution in [2.45, 2.75) is 19.4 Å². The topological polar surface area (TPSA) is 55.9 Å². The van der Waals surface area contributed by atoms with Crippen molar-refractivity contribution >= 4 is 0 Å². The minimum Gasteiger partial charge on any atom is -0.337 e. The summed E-state index contributed by atoms with van der Waals surface area (Å²) in [6.45, 7) is 2.07. The Balaban J connectivity index is 2.81. The van der Waals surface area contributed by atoms with E-state index in [9.17, 15) is 0 Å². The highest BCUT2D eigenvalue weighted by Crippen LogP contribution is 2.11. The first-order chi connectivity index (χ1) is 5.29. The molecule has 0 saturated heterocycles. The van der Waals surface area contributed by atoms with Crippen molar-refractivity contribution in [1.82, 2.24) is 15.0 Å². The molecule has 0 aliphatic carbocycles. The second-order valence-electron chi connectivity index (χ2n) is 2.52. The molecule has 0 spiro atoms. The van der Waals surface area contributed by atoms with Crippen LogP contribution in [0.3, 0.4) is 0 Å². The summed E-state index contributed by atoms with van der Waals surface area (Å²) in [7, 11) is 1.96. The minimum atomic E-state index is 0.162. The zero-order chi connectivity index (χ0) is 8.27. The highest BCUT2D eigenvalue weighted by molar-refractivity contribution is 4.97. The number of imidazole rings is 1. The Bertz CT molecular complexity index is 214. The summed E-state index contributed by atoms with van der Waals surface area (Å²) >= 11 is 0. The summed E-state index contributed by atoms with van der Waals surface area (Å²) < 4.78 is 1.97. The highest BCUT2D eigenvalue weighted by Gasteiger charge is 2.10. The van der Waals surface area contributed by atoms with E-state index in [1.807, 2.05) is 17.8 Å². The lowest BCUT2D eigenvalue weighted by molar-refractivity contribution is 0.496. The van der Waals surface area contributed by atoms with Crippen LogP contribution in [-0.2, 0) is 7.05 Å². The van der Waals surface area contributed by atoms with Crippen molar-refractivity contribution in [2.24, 2.45) is 12.9 Å². The van der Waals surface area contributed by atoms with Gasteiger partial charge in [-0.05, 0) is 6.42 Å².